The highest BCUT2D eigenvalue weighted by Crippen LogP contribution is 2.24. The third-order valence-corrected chi connectivity index (χ3v) is 3.94. The monoisotopic (exact) mass is 355 g/mol. The Labute approximate surface area is 141 Å². The second-order valence-corrected chi connectivity index (χ2v) is 5.77. The Kier molecular flexibility index (Phi) is 6.00. The predicted molar refractivity (Wildman–Crippen MR) is 89.4 cm³/mol. The van der Waals surface area contributed by atoms with E-state index >= 15 is 0 Å². The van der Waals surface area contributed by atoms with Crippen molar-refractivity contribution in [3.63, 3.8) is 0 Å². The van der Waals surface area contributed by atoms with E-state index in [9.17, 15) is 9.59 Å². The van der Waals surface area contributed by atoms with E-state index < -0.39 is 11.9 Å². The van der Waals surface area contributed by atoms with Gasteiger partial charge in [0.2, 0.25) is 0 Å². The normalized spacial score (nSPS) is 10.6. The third-order valence-electron chi connectivity index (χ3n) is 2.50. The molecule has 1 aromatic carbocycles. The number of amides is 1. The Bertz CT molecular complexity index is 699. The zero-order valence-corrected chi connectivity index (χ0v) is 13.5. The molecule has 0 aliphatic carbocycles. The summed E-state index contributed by atoms with van der Waals surface area (Å²) in [4.78, 5) is 23.1. The van der Waals surface area contributed by atoms with E-state index in [4.69, 9.17) is 27.9 Å². The second kappa shape index (κ2) is 7.98. The number of ether oxygens (including phenoxy) is 1. The van der Waals surface area contributed by atoms with E-state index in [1.165, 1.54) is 23.5 Å². The van der Waals surface area contributed by atoms with Crippen LogP contribution in [0.25, 0.3) is 6.08 Å². The van der Waals surface area contributed by atoms with Gasteiger partial charge in [0.05, 0.1) is 10.0 Å². The molecule has 0 aliphatic rings. The van der Waals surface area contributed by atoms with Gasteiger partial charge in [0.15, 0.2) is 6.61 Å². The van der Waals surface area contributed by atoms with E-state index in [0.717, 1.165) is 5.56 Å². The fraction of sp³-hybridized carbons (Fsp3) is 0.0667. The largest absolute Gasteiger partial charge is 0.452 e. The number of anilines is 1. The van der Waals surface area contributed by atoms with Crippen molar-refractivity contribution in [1.82, 2.24) is 0 Å². The molecule has 7 heteroatoms. The molecule has 0 unspecified atom stereocenters. The lowest BCUT2D eigenvalue weighted by molar-refractivity contribution is -0.142. The Balaban J connectivity index is 1.79. The molecular weight excluding hydrogens is 345 g/mol. The minimum Gasteiger partial charge on any atom is -0.452 e. The van der Waals surface area contributed by atoms with Crippen LogP contribution in [0.2, 0.25) is 10.0 Å². The molecule has 0 radical (unpaired) electrons. The zero-order valence-electron chi connectivity index (χ0n) is 11.2. The van der Waals surface area contributed by atoms with Crippen LogP contribution in [0.4, 0.5) is 5.69 Å². The molecule has 0 bridgehead atoms. The summed E-state index contributed by atoms with van der Waals surface area (Å²) < 4.78 is 4.83. The highest BCUT2D eigenvalue weighted by Gasteiger charge is 2.07. The lowest BCUT2D eigenvalue weighted by atomic mass is 10.3. The molecule has 0 fully saturated rings. The average molecular weight is 356 g/mol. The Morgan fingerprint density at radius 1 is 1.23 bits per heavy atom. The number of thiophene rings is 1. The number of halogens is 2. The molecule has 2 aromatic rings. The molecule has 0 spiro atoms. The van der Waals surface area contributed by atoms with Crippen molar-refractivity contribution in [2.45, 2.75) is 0 Å². The topological polar surface area (TPSA) is 55.4 Å². The van der Waals surface area contributed by atoms with Crippen molar-refractivity contribution in [2.24, 2.45) is 0 Å². The summed E-state index contributed by atoms with van der Waals surface area (Å²) in [5.41, 5.74) is 1.38. The van der Waals surface area contributed by atoms with Gasteiger partial charge in [-0.25, -0.2) is 4.79 Å². The number of esters is 1. The van der Waals surface area contributed by atoms with Crippen LogP contribution in [0.5, 0.6) is 0 Å². The lowest BCUT2D eigenvalue weighted by Crippen LogP contribution is -2.20. The van der Waals surface area contributed by atoms with E-state index in [1.807, 2.05) is 16.8 Å². The van der Waals surface area contributed by atoms with Gasteiger partial charge in [0.1, 0.15) is 0 Å². The maximum Gasteiger partial charge on any atom is 0.331 e. The molecule has 0 saturated heterocycles. The van der Waals surface area contributed by atoms with Gasteiger partial charge in [0.25, 0.3) is 5.91 Å². The molecule has 1 N–H and O–H groups in total. The first-order chi connectivity index (χ1) is 10.5. The maximum absolute atomic E-state index is 11.7. The second-order valence-electron chi connectivity index (χ2n) is 4.17. The minimum atomic E-state index is -0.588. The SMILES string of the molecule is O=C(COC(=O)/C=C/c1ccsc1)Nc1ccc(Cl)c(Cl)c1. The van der Waals surface area contributed by atoms with Gasteiger partial charge >= 0.3 is 5.97 Å². The fourth-order valence-corrected chi connectivity index (χ4v) is 2.42. The number of carbonyl (C=O) groups excluding carboxylic acids is 2. The minimum absolute atomic E-state index is 0.329. The molecule has 1 heterocycles. The van der Waals surface area contributed by atoms with Gasteiger partial charge in [-0.1, -0.05) is 23.2 Å². The average Bonchev–Trinajstić information content (AvgIpc) is 3.00. The van der Waals surface area contributed by atoms with Gasteiger partial charge in [-0.05, 0) is 46.7 Å². The summed E-state index contributed by atoms with van der Waals surface area (Å²) in [6, 6.07) is 6.55. The van der Waals surface area contributed by atoms with Crippen molar-refractivity contribution in [3.8, 4) is 0 Å². The van der Waals surface area contributed by atoms with Crippen LogP contribution >= 0.6 is 34.5 Å². The molecule has 0 atom stereocenters. The summed E-state index contributed by atoms with van der Waals surface area (Å²) in [6.45, 7) is -0.382. The van der Waals surface area contributed by atoms with Crippen LogP contribution in [0.3, 0.4) is 0 Å². The van der Waals surface area contributed by atoms with E-state index in [-0.39, 0.29) is 6.61 Å². The molecular formula is C15H11Cl2NO3S. The highest BCUT2D eigenvalue weighted by molar-refractivity contribution is 7.08. The first-order valence-corrected chi connectivity index (χ1v) is 7.86. The van der Waals surface area contributed by atoms with Gasteiger partial charge in [-0.15, -0.1) is 0 Å². The molecule has 2 rings (SSSR count). The quantitative estimate of drug-likeness (QED) is 0.644. The van der Waals surface area contributed by atoms with Crippen molar-refractivity contribution in [1.29, 1.82) is 0 Å². The van der Waals surface area contributed by atoms with Crippen molar-refractivity contribution in [2.75, 3.05) is 11.9 Å². The molecule has 114 valence electrons. The Hall–Kier alpha value is -1.82. The molecule has 1 amide bonds. The number of nitrogens with one attached hydrogen (secondary N) is 1. The van der Waals surface area contributed by atoms with Crippen LogP contribution < -0.4 is 5.32 Å². The Morgan fingerprint density at radius 3 is 2.73 bits per heavy atom. The van der Waals surface area contributed by atoms with Gasteiger partial charge in [-0.3, -0.25) is 4.79 Å². The van der Waals surface area contributed by atoms with Gasteiger partial charge in [-0.2, -0.15) is 11.3 Å². The standard InChI is InChI=1S/C15H11Cl2NO3S/c16-12-3-2-11(7-13(12)17)18-14(19)8-21-15(20)4-1-10-5-6-22-9-10/h1-7,9H,8H2,(H,18,19)/b4-1+. The van der Waals surface area contributed by atoms with Crippen molar-refractivity contribution in [3.05, 3.63) is 56.7 Å². The molecule has 4 nitrogen and oxygen atoms in total. The fourth-order valence-electron chi connectivity index (χ4n) is 1.49. The van der Waals surface area contributed by atoms with Crippen LogP contribution in [-0.4, -0.2) is 18.5 Å². The predicted octanol–water partition coefficient (Wildman–Crippen LogP) is 4.25. The van der Waals surface area contributed by atoms with Crippen molar-refractivity contribution < 1.29 is 14.3 Å². The van der Waals surface area contributed by atoms with E-state index in [0.29, 0.717) is 15.7 Å². The Morgan fingerprint density at radius 2 is 2.05 bits per heavy atom. The molecule has 1 aromatic heterocycles. The summed E-state index contributed by atoms with van der Waals surface area (Å²) in [6.07, 6.45) is 2.89. The van der Waals surface area contributed by atoms with Crippen LogP contribution in [0, 0.1) is 0 Å². The summed E-state index contributed by atoms with van der Waals surface area (Å²) in [5.74, 6) is -1.05. The van der Waals surface area contributed by atoms with E-state index in [1.54, 1.807) is 18.2 Å². The van der Waals surface area contributed by atoms with Gasteiger partial charge < -0.3 is 10.1 Å². The van der Waals surface area contributed by atoms with Crippen LogP contribution in [0.1, 0.15) is 5.56 Å². The summed E-state index contributed by atoms with van der Waals surface area (Å²) >= 11 is 13.1. The van der Waals surface area contributed by atoms with Gasteiger partial charge in [0, 0.05) is 11.8 Å². The number of benzene rings is 1. The summed E-state index contributed by atoms with van der Waals surface area (Å²) in [5, 5.41) is 7.06. The number of rotatable bonds is 5. The van der Waals surface area contributed by atoms with E-state index in [2.05, 4.69) is 5.32 Å². The maximum atomic E-state index is 11.7. The number of carbonyl (C=O) groups is 2. The number of hydrogen-bond donors (Lipinski definition) is 1. The van der Waals surface area contributed by atoms with Crippen LogP contribution in [0.15, 0.2) is 41.1 Å². The molecule has 22 heavy (non-hydrogen) atoms. The molecule has 0 saturated carbocycles. The van der Waals surface area contributed by atoms with Crippen LogP contribution in [-0.2, 0) is 14.3 Å². The highest BCUT2D eigenvalue weighted by atomic mass is 35.5. The number of hydrogen-bond acceptors (Lipinski definition) is 4. The zero-order chi connectivity index (χ0) is 15.9. The molecule has 0 aliphatic heterocycles. The van der Waals surface area contributed by atoms with Crippen molar-refractivity contribution >= 4 is 58.2 Å². The smallest absolute Gasteiger partial charge is 0.331 e. The first kappa shape index (κ1) is 16.5. The first-order valence-electron chi connectivity index (χ1n) is 6.16. The third kappa shape index (κ3) is 5.18. The summed E-state index contributed by atoms with van der Waals surface area (Å²) in [7, 11) is 0. The lowest BCUT2D eigenvalue weighted by Gasteiger charge is -2.06.